The molecular formula is C22H24ClN5O3S2. The average Bonchev–Trinajstić information content (AvgIpc) is 3.36. The molecule has 3 amide bonds. The first-order valence-corrected chi connectivity index (χ1v) is 12.0. The molecule has 0 saturated heterocycles. The Balaban J connectivity index is 2.13. The van der Waals surface area contributed by atoms with E-state index in [-0.39, 0.29) is 28.7 Å². The minimum atomic E-state index is -0.991. The fourth-order valence-corrected chi connectivity index (χ4v) is 4.76. The third-order valence-electron chi connectivity index (χ3n) is 4.57. The van der Waals surface area contributed by atoms with Crippen LogP contribution in [0.2, 0.25) is 5.02 Å². The number of hydrogen-bond acceptors (Lipinski definition) is 7. The number of hydrogen-bond donors (Lipinski definition) is 3. The molecule has 0 aliphatic carbocycles. The number of thiophene rings is 1. The molecular weight excluding hydrogens is 482 g/mol. The number of anilines is 1. The van der Waals surface area contributed by atoms with Crippen molar-refractivity contribution in [2.24, 2.45) is 5.73 Å². The van der Waals surface area contributed by atoms with Crippen LogP contribution in [-0.2, 0) is 11.3 Å². The molecule has 174 valence electrons. The van der Waals surface area contributed by atoms with Gasteiger partial charge in [0.15, 0.2) is 5.69 Å². The quantitative estimate of drug-likeness (QED) is 0.449. The Kier molecular flexibility index (Phi) is 7.41. The topological polar surface area (TPSA) is 131 Å². The Morgan fingerprint density at radius 1 is 1.18 bits per heavy atom. The minimum Gasteiger partial charge on any atom is -0.395 e. The van der Waals surface area contributed by atoms with Gasteiger partial charge >= 0.3 is 0 Å². The number of benzene rings is 1. The molecule has 0 spiro atoms. The van der Waals surface area contributed by atoms with Crippen molar-refractivity contribution in [2.75, 3.05) is 5.73 Å². The molecule has 0 fully saturated rings. The van der Waals surface area contributed by atoms with E-state index in [1.54, 1.807) is 24.3 Å². The molecule has 33 heavy (non-hydrogen) atoms. The van der Waals surface area contributed by atoms with Crippen LogP contribution in [0.15, 0.2) is 41.8 Å². The summed E-state index contributed by atoms with van der Waals surface area (Å²) in [7, 11) is 0. The van der Waals surface area contributed by atoms with Crippen molar-refractivity contribution >= 4 is 57.9 Å². The highest BCUT2D eigenvalue weighted by Crippen LogP contribution is 2.31. The van der Waals surface area contributed by atoms with Crippen LogP contribution in [0.1, 0.15) is 57.4 Å². The lowest BCUT2D eigenvalue weighted by Gasteiger charge is -2.33. The van der Waals surface area contributed by atoms with Crippen molar-refractivity contribution in [1.82, 2.24) is 14.6 Å². The zero-order chi connectivity index (χ0) is 24.3. The summed E-state index contributed by atoms with van der Waals surface area (Å²) in [4.78, 5) is 41.2. The second kappa shape index (κ2) is 9.90. The average molecular weight is 506 g/mol. The predicted molar refractivity (Wildman–Crippen MR) is 131 cm³/mol. The van der Waals surface area contributed by atoms with Crippen LogP contribution in [0.4, 0.5) is 5.69 Å². The fourth-order valence-electron chi connectivity index (χ4n) is 3.17. The van der Waals surface area contributed by atoms with E-state index in [9.17, 15) is 14.4 Å². The van der Waals surface area contributed by atoms with Crippen LogP contribution in [0.3, 0.4) is 0 Å². The maximum atomic E-state index is 13.7. The van der Waals surface area contributed by atoms with E-state index in [0.29, 0.717) is 10.6 Å². The molecule has 5 N–H and O–H groups in total. The van der Waals surface area contributed by atoms with Crippen molar-refractivity contribution in [3.63, 3.8) is 0 Å². The van der Waals surface area contributed by atoms with Gasteiger partial charge in [-0.15, -0.1) is 11.3 Å². The third kappa shape index (κ3) is 5.89. The largest absolute Gasteiger partial charge is 0.395 e. The Hall–Kier alpha value is -2.95. The van der Waals surface area contributed by atoms with Gasteiger partial charge in [-0.1, -0.05) is 29.8 Å². The maximum absolute atomic E-state index is 13.7. The lowest BCUT2D eigenvalue weighted by Crippen LogP contribution is -2.49. The molecule has 1 aromatic carbocycles. The zero-order valence-corrected chi connectivity index (χ0v) is 20.7. The van der Waals surface area contributed by atoms with Gasteiger partial charge in [0, 0.05) is 15.4 Å². The summed E-state index contributed by atoms with van der Waals surface area (Å²) in [5.74, 6) is -1.73. The van der Waals surface area contributed by atoms with E-state index < -0.39 is 23.4 Å². The highest BCUT2D eigenvalue weighted by atomic mass is 35.5. The summed E-state index contributed by atoms with van der Waals surface area (Å²) >= 11 is 8.29. The van der Waals surface area contributed by atoms with Crippen molar-refractivity contribution in [1.29, 1.82) is 0 Å². The first-order chi connectivity index (χ1) is 15.5. The van der Waals surface area contributed by atoms with Gasteiger partial charge in [0.05, 0.1) is 12.2 Å². The number of carbonyl (C=O) groups is 3. The summed E-state index contributed by atoms with van der Waals surface area (Å²) in [6.07, 6.45) is 0. The summed E-state index contributed by atoms with van der Waals surface area (Å²) in [6.45, 7) is 5.71. The SMILES string of the molecule is CC(C)(C)NC(=O)C(c1ccc(Cl)cc1)N(Cc1cccs1)C(=O)c1snc(C(N)=O)c1N. The normalized spacial score (nSPS) is 12.2. The molecule has 2 heterocycles. The van der Waals surface area contributed by atoms with Gasteiger partial charge in [-0.2, -0.15) is 4.37 Å². The van der Waals surface area contributed by atoms with Crippen molar-refractivity contribution in [2.45, 2.75) is 38.9 Å². The Labute approximate surface area is 204 Å². The van der Waals surface area contributed by atoms with Crippen LogP contribution in [0.25, 0.3) is 0 Å². The number of carbonyl (C=O) groups excluding carboxylic acids is 3. The molecule has 11 heteroatoms. The zero-order valence-electron chi connectivity index (χ0n) is 18.3. The number of nitrogen functional groups attached to an aromatic ring is 1. The lowest BCUT2D eigenvalue weighted by molar-refractivity contribution is -0.127. The van der Waals surface area contributed by atoms with Gasteiger partial charge in [0.2, 0.25) is 5.91 Å². The van der Waals surface area contributed by atoms with E-state index in [1.165, 1.54) is 16.2 Å². The number of nitrogens with zero attached hydrogens (tertiary/aromatic N) is 2. The lowest BCUT2D eigenvalue weighted by atomic mass is 10.0. The third-order valence-corrected chi connectivity index (χ3v) is 6.53. The Morgan fingerprint density at radius 3 is 2.36 bits per heavy atom. The fraction of sp³-hybridized carbons (Fsp3) is 0.273. The second-order valence-corrected chi connectivity index (χ2v) is 10.6. The van der Waals surface area contributed by atoms with E-state index in [1.807, 2.05) is 38.3 Å². The maximum Gasteiger partial charge on any atom is 0.270 e. The first kappa shape index (κ1) is 24.7. The van der Waals surface area contributed by atoms with E-state index >= 15 is 0 Å². The van der Waals surface area contributed by atoms with Crippen LogP contribution >= 0.6 is 34.5 Å². The number of primary amides is 1. The monoisotopic (exact) mass is 505 g/mol. The standard InChI is InChI=1S/C22H24ClN5O3S2/c1-22(2,3)26-20(30)17(12-6-8-13(23)9-7-12)28(11-14-5-4-10-32-14)21(31)18-15(24)16(19(25)29)27-33-18/h4-10,17H,11,24H2,1-3H3,(H2,25,29)(H,26,30). The van der Waals surface area contributed by atoms with Gasteiger partial charge in [-0.25, -0.2) is 0 Å². The predicted octanol–water partition coefficient (Wildman–Crippen LogP) is 3.84. The molecule has 2 aromatic heterocycles. The summed E-state index contributed by atoms with van der Waals surface area (Å²) in [6, 6.07) is 9.47. The molecule has 0 bridgehead atoms. The minimum absolute atomic E-state index is 0.0443. The van der Waals surface area contributed by atoms with Crippen LogP contribution in [0, 0.1) is 0 Å². The first-order valence-electron chi connectivity index (χ1n) is 9.93. The van der Waals surface area contributed by atoms with Crippen molar-refractivity contribution in [3.05, 3.63) is 67.8 Å². The molecule has 3 rings (SSSR count). The molecule has 1 atom stereocenters. The number of rotatable bonds is 7. The second-order valence-electron chi connectivity index (χ2n) is 8.34. The van der Waals surface area contributed by atoms with E-state index in [4.69, 9.17) is 23.1 Å². The molecule has 1 unspecified atom stereocenters. The number of nitrogens with two attached hydrogens (primary N) is 2. The molecule has 0 aliphatic rings. The van der Waals surface area contributed by atoms with E-state index in [0.717, 1.165) is 16.4 Å². The van der Waals surface area contributed by atoms with Crippen LogP contribution < -0.4 is 16.8 Å². The molecule has 0 saturated carbocycles. The molecule has 8 nitrogen and oxygen atoms in total. The number of aromatic nitrogens is 1. The highest BCUT2D eigenvalue weighted by molar-refractivity contribution is 7.10. The van der Waals surface area contributed by atoms with Gasteiger partial charge < -0.3 is 21.7 Å². The van der Waals surface area contributed by atoms with Gasteiger partial charge in [0.25, 0.3) is 11.8 Å². The van der Waals surface area contributed by atoms with E-state index in [2.05, 4.69) is 9.69 Å². The number of amides is 3. The molecule has 0 radical (unpaired) electrons. The van der Waals surface area contributed by atoms with Gasteiger partial charge in [0.1, 0.15) is 10.9 Å². The summed E-state index contributed by atoms with van der Waals surface area (Å²) in [5, 5.41) is 5.34. The Morgan fingerprint density at radius 2 is 1.85 bits per heavy atom. The van der Waals surface area contributed by atoms with Crippen LogP contribution in [0.5, 0.6) is 0 Å². The Bertz CT molecular complexity index is 1150. The van der Waals surface area contributed by atoms with Gasteiger partial charge in [-0.05, 0) is 61.4 Å². The smallest absolute Gasteiger partial charge is 0.270 e. The summed E-state index contributed by atoms with van der Waals surface area (Å²) < 4.78 is 3.94. The van der Waals surface area contributed by atoms with Crippen LogP contribution in [-0.4, -0.2) is 32.5 Å². The highest BCUT2D eigenvalue weighted by Gasteiger charge is 2.36. The van der Waals surface area contributed by atoms with Crippen molar-refractivity contribution < 1.29 is 14.4 Å². The van der Waals surface area contributed by atoms with Crippen molar-refractivity contribution in [3.8, 4) is 0 Å². The van der Waals surface area contributed by atoms with Gasteiger partial charge in [-0.3, -0.25) is 14.4 Å². The molecule has 0 aliphatic heterocycles. The molecule has 3 aromatic rings. The number of halogens is 1. The summed E-state index contributed by atoms with van der Waals surface area (Å²) in [5.41, 5.74) is 11.1. The number of nitrogens with one attached hydrogen (secondary N) is 1.